The highest BCUT2D eigenvalue weighted by Gasteiger charge is 2.45. The summed E-state index contributed by atoms with van der Waals surface area (Å²) >= 11 is 6.17. The summed E-state index contributed by atoms with van der Waals surface area (Å²) in [6.07, 6.45) is 6.29. The van der Waals surface area contributed by atoms with E-state index in [1.807, 2.05) is 40.9 Å². The maximum absolute atomic E-state index is 12.3. The van der Waals surface area contributed by atoms with Crippen molar-refractivity contribution in [1.29, 1.82) is 0 Å². The Morgan fingerprint density at radius 1 is 1.34 bits per heavy atom. The summed E-state index contributed by atoms with van der Waals surface area (Å²) in [7, 11) is 1.62. The number of carboxylic acid groups (broad SMARTS) is 1. The molecule has 1 aromatic carbocycles. The van der Waals surface area contributed by atoms with Gasteiger partial charge in [-0.05, 0) is 24.8 Å². The van der Waals surface area contributed by atoms with Gasteiger partial charge in [-0.15, -0.1) is 0 Å². The van der Waals surface area contributed by atoms with E-state index in [0.717, 1.165) is 23.3 Å². The molecule has 1 aliphatic heterocycles. The second kappa shape index (κ2) is 8.00. The minimum Gasteiger partial charge on any atom is -0.465 e. The zero-order chi connectivity index (χ0) is 20.4. The van der Waals surface area contributed by atoms with E-state index in [4.69, 9.17) is 16.3 Å². The Kier molecular flexibility index (Phi) is 5.43. The molecule has 1 fully saturated rings. The van der Waals surface area contributed by atoms with Crippen LogP contribution >= 0.6 is 11.6 Å². The summed E-state index contributed by atoms with van der Waals surface area (Å²) in [5.41, 5.74) is 1.22. The molecule has 0 aliphatic carbocycles. The lowest BCUT2D eigenvalue weighted by Gasteiger charge is -2.47. The topological polar surface area (TPSA) is 80.0 Å². The number of amides is 1. The number of methoxy groups -OCH3 is 1. The Morgan fingerprint density at radius 3 is 2.86 bits per heavy atom. The molecule has 0 bridgehead atoms. The third-order valence-electron chi connectivity index (χ3n) is 5.76. The first-order valence-corrected chi connectivity index (χ1v) is 9.93. The van der Waals surface area contributed by atoms with Crippen LogP contribution in [0, 0.1) is 0 Å². The maximum atomic E-state index is 12.3. The molecule has 1 amide bonds. The predicted molar refractivity (Wildman–Crippen MR) is 109 cm³/mol. The summed E-state index contributed by atoms with van der Waals surface area (Å²) in [6, 6.07) is 9.96. The second-order valence-electron chi connectivity index (χ2n) is 7.54. The van der Waals surface area contributed by atoms with Crippen molar-refractivity contribution in [1.82, 2.24) is 19.3 Å². The summed E-state index contributed by atoms with van der Waals surface area (Å²) in [6.45, 7) is 0.698. The third kappa shape index (κ3) is 3.68. The Labute approximate surface area is 173 Å². The molecule has 2 aromatic heterocycles. The van der Waals surface area contributed by atoms with Gasteiger partial charge >= 0.3 is 6.09 Å². The van der Waals surface area contributed by atoms with Crippen LogP contribution in [0.25, 0.3) is 5.52 Å². The fraction of sp³-hybridized carbons (Fsp3) is 0.381. The number of ether oxygens (including phenoxy) is 1. The summed E-state index contributed by atoms with van der Waals surface area (Å²) in [5.74, 6) is 0.772. The van der Waals surface area contributed by atoms with Crippen LogP contribution in [0.2, 0.25) is 5.15 Å². The molecule has 3 heterocycles. The van der Waals surface area contributed by atoms with Crippen molar-refractivity contribution >= 4 is 23.2 Å². The molecule has 29 heavy (non-hydrogen) atoms. The van der Waals surface area contributed by atoms with Crippen molar-refractivity contribution < 1.29 is 14.6 Å². The van der Waals surface area contributed by atoms with Gasteiger partial charge in [-0.3, -0.25) is 9.30 Å². The van der Waals surface area contributed by atoms with Crippen LogP contribution < -0.4 is 0 Å². The van der Waals surface area contributed by atoms with E-state index in [2.05, 4.69) is 9.97 Å². The van der Waals surface area contributed by atoms with Crippen molar-refractivity contribution in [2.45, 2.75) is 30.7 Å². The highest BCUT2D eigenvalue weighted by atomic mass is 35.5. The molecule has 0 spiro atoms. The van der Waals surface area contributed by atoms with Crippen LogP contribution in [0.3, 0.4) is 0 Å². The van der Waals surface area contributed by atoms with Gasteiger partial charge in [-0.1, -0.05) is 41.9 Å². The number of aromatic nitrogens is 3. The van der Waals surface area contributed by atoms with Gasteiger partial charge in [0, 0.05) is 32.0 Å². The number of likely N-dealkylation sites (tertiary alicyclic amines) is 1. The van der Waals surface area contributed by atoms with Gasteiger partial charge in [0.2, 0.25) is 0 Å². The number of piperidine rings is 1. The van der Waals surface area contributed by atoms with Gasteiger partial charge in [0.15, 0.2) is 5.15 Å². The molecule has 0 radical (unpaired) electrons. The number of hydrogen-bond acceptors (Lipinski definition) is 4. The van der Waals surface area contributed by atoms with E-state index in [9.17, 15) is 9.90 Å². The number of benzene rings is 1. The zero-order valence-electron chi connectivity index (χ0n) is 16.2. The van der Waals surface area contributed by atoms with Gasteiger partial charge in [0.1, 0.15) is 11.3 Å². The van der Waals surface area contributed by atoms with Gasteiger partial charge < -0.3 is 9.84 Å². The number of fused-ring (bicyclic) bond motifs is 1. The molecule has 1 saturated heterocycles. The molecule has 1 N–H and O–H groups in total. The van der Waals surface area contributed by atoms with Gasteiger partial charge in [0.25, 0.3) is 0 Å². The molecule has 0 unspecified atom stereocenters. The van der Waals surface area contributed by atoms with E-state index in [0.29, 0.717) is 31.1 Å². The predicted octanol–water partition coefficient (Wildman–Crippen LogP) is 3.87. The lowest BCUT2D eigenvalue weighted by molar-refractivity contribution is -0.0133. The van der Waals surface area contributed by atoms with Crippen LogP contribution in [0.1, 0.15) is 30.1 Å². The Morgan fingerprint density at radius 2 is 2.14 bits per heavy atom. The second-order valence-corrected chi connectivity index (χ2v) is 7.90. The lowest BCUT2D eigenvalue weighted by atomic mass is 9.78. The molecular weight excluding hydrogens is 392 g/mol. The molecule has 4 rings (SSSR count). The van der Waals surface area contributed by atoms with E-state index >= 15 is 0 Å². The highest BCUT2D eigenvalue weighted by molar-refractivity contribution is 6.32. The molecule has 0 saturated carbocycles. The minimum atomic E-state index is -0.941. The summed E-state index contributed by atoms with van der Waals surface area (Å²) in [4.78, 5) is 22.4. The number of halogens is 1. The average Bonchev–Trinajstić information content (AvgIpc) is 3.15. The van der Waals surface area contributed by atoms with Crippen LogP contribution in [-0.2, 0) is 11.2 Å². The van der Waals surface area contributed by atoms with Crippen LogP contribution in [0.15, 0.2) is 48.9 Å². The quantitative estimate of drug-likeness (QED) is 0.685. The molecule has 2 atom stereocenters. The number of rotatable bonds is 5. The standard InChI is InChI=1S/C21H23ClN4O3/c1-29-14-21(11-15-5-3-2-4-6-15)8-7-16(13-26(21)20(27)28)19-24-12-17-18(22)23-9-10-25(17)19/h2-6,9-10,12,16H,7-8,11,13-14H2,1H3,(H,27,28)/t16-,21+/m1/s1. The molecule has 7 nitrogen and oxygen atoms in total. The largest absolute Gasteiger partial charge is 0.465 e. The molecule has 8 heteroatoms. The van der Waals surface area contributed by atoms with Gasteiger partial charge in [-0.25, -0.2) is 14.8 Å². The highest BCUT2D eigenvalue weighted by Crippen LogP contribution is 2.38. The molecule has 1 aliphatic rings. The zero-order valence-corrected chi connectivity index (χ0v) is 16.9. The Bertz CT molecular complexity index is 1010. The minimum absolute atomic E-state index is 0.0344. The van der Waals surface area contributed by atoms with Crippen molar-refractivity contribution in [2.75, 3.05) is 20.3 Å². The van der Waals surface area contributed by atoms with Crippen LogP contribution in [0.5, 0.6) is 0 Å². The SMILES string of the molecule is COC[C@@]1(Cc2ccccc2)CC[C@@H](c2ncc3c(Cl)nccn23)CN1C(=O)O. The van der Waals surface area contributed by atoms with Crippen LogP contribution in [0.4, 0.5) is 4.79 Å². The first-order chi connectivity index (χ1) is 14.0. The third-order valence-corrected chi connectivity index (χ3v) is 6.05. The van der Waals surface area contributed by atoms with Gasteiger partial charge in [0.05, 0.1) is 18.3 Å². The summed E-state index contributed by atoms with van der Waals surface area (Å²) in [5, 5.41) is 10.4. The molecular formula is C21H23ClN4O3. The maximum Gasteiger partial charge on any atom is 0.407 e. The van der Waals surface area contributed by atoms with E-state index in [1.165, 1.54) is 0 Å². The van der Waals surface area contributed by atoms with E-state index in [1.54, 1.807) is 24.4 Å². The van der Waals surface area contributed by atoms with Crippen LogP contribution in [-0.4, -0.2) is 56.3 Å². The fourth-order valence-corrected chi connectivity index (χ4v) is 4.62. The average molecular weight is 415 g/mol. The normalized spacial score (nSPS) is 22.1. The number of hydrogen-bond donors (Lipinski definition) is 1. The summed E-state index contributed by atoms with van der Waals surface area (Å²) < 4.78 is 7.40. The smallest absolute Gasteiger partial charge is 0.407 e. The van der Waals surface area contributed by atoms with Crippen molar-refractivity contribution in [3.8, 4) is 0 Å². The van der Waals surface area contributed by atoms with Crippen molar-refractivity contribution in [3.63, 3.8) is 0 Å². The molecule has 152 valence electrons. The molecule has 3 aromatic rings. The van der Waals surface area contributed by atoms with E-state index < -0.39 is 11.6 Å². The number of imidazole rings is 1. The van der Waals surface area contributed by atoms with Gasteiger partial charge in [-0.2, -0.15) is 0 Å². The monoisotopic (exact) mass is 414 g/mol. The number of carbonyl (C=O) groups is 1. The fourth-order valence-electron chi connectivity index (χ4n) is 4.42. The first-order valence-electron chi connectivity index (χ1n) is 9.55. The Balaban J connectivity index is 1.67. The Hall–Kier alpha value is -2.64. The lowest BCUT2D eigenvalue weighted by Crippen LogP contribution is -2.59. The van der Waals surface area contributed by atoms with E-state index in [-0.39, 0.29) is 5.92 Å². The van der Waals surface area contributed by atoms with Crippen molar-refractivity contribution in [3.05, 3.63) is 65.5 Å². The number of nitrogens with zero attached hydrogens (tertiary/aromatic N) is 4. The first kappa shape index (κ1) is 19.7. The van der Waals surface area contributed by atoms with Crippen molar-refractivity contribution in [2.24, 2.45) is 0 Å².